The van der Waals surface area contributed by atoms with E-state index in [4.69, 9.17) is 15.2 Å². The van der Waals surface area contributed by atoms with Crippen LogP contribution in [0.1, 0.15) is 10.4 Å². The third kappa shape index (κ3) is 2.86. The van der Waals surface area contributed by atoms with Crippen molar-refractivity contribution in [2.45, 2.75) is 13.2 Å². The normalized spacial score (nSPS) is 10.8. The van der Waals surface area contributed by atoms with Gasteiger partial charge >= 0.3 is 0 Å². The van der Waals surface area contributed by atoms with E-state index >= 15 is 0 Å². The minimum Gasteiger partial charge on any atom is -0.497 e. The van der Waals surface area contributed by atoms with Crippen LogP contribution < -0.4 is 15.2 Å². The van der Waals surface area contributed by atoms with Crippen molar-refractivity contribution in [3.63, 3.8) is 0 Å². The summed E-state index contributed by atoms with van der Waals surface area (Å²) in [5.41, 5.74) is 7.05. The number of hydrogen-bond donors (Lipinski definition) is 1. The molecule has 2 N–H and O–H groups in total. The number of benzene rings is 2. The van der Waals surface area contributed by atoms with Gasteiger partial charge in [-0.15, -0.1) is 11.3 Å². The Balaban J connectivity index is 1.83. The van der Waals surface area contributed by atoms with Crippen LogP contribution in [-0.2, 0) is 13.2 Å². The fourth-order valence-electron chi connectivity index (χ4n) is 2.30. The number of rotatable bonds is 5. The van der Waals surface area contributed by atoms with Crippen LogP contribution in [0.5, 0.6) is 11.5 Å². The molecule has 0 spiro atoms. The molecule has 0 aliphatic carbocycles. The Labute approximate surface area is 127 Å². The maximum absolute atomic E-state index is 5.90. The Bertz CT molecular complexity index is 734. The molecule has 3 nitrogen and oxygen atoms in total. The summed E-state index contributed by atoms with van der Waals surface area (Å²) in [5.74, 6) is 1.65. The zero-order valence-electron chi connectivity index (χ0n) is 11.8. The van der Waals surface area contributed by atoms with Gasteiger partial charge in [0.1, 0.15) is 18.1 Å². The van der Waals surface area contributed by atoms with Crippen molar-refractivity contribution >= 4 is 21.4 Å². The molecule has 21 heavy (non-hydrogen) atoms. The van der Waals surface area contributed by atoms with Crippen molar-refractivity contribution in [3.05, 3.63) is 59.0 Å². The monoisotopic (exact) mass is 299 g/mol. The van der Waals surface area contributed by atoms with E-state index in [2.05, 4.69) is 12.1 Å². The van der Waals surface area contributed by atoms with Crippen LogP contribution in [0.25, 0.3) is 10.1 Å². The lowest BCUT2D eigenvalue weighted by molar-refractivity contribution is 0.306. The zero-order chi connectivity index (χ0) is 14.7. The van der Waals surface area contributed by atoms with Gasteiger partial charge in [0.2, 0.25) is 0 Å². The molecule has 0 radical (unpaired) electrons. The number of thiophene rings is 1. The summed E-state index contributed by atoms with van der Waals surface area (Å²) in [6.45, 7) is 1.07. The van der Waals surface area contributed by atoms with Crippen LogP contribution in [0.4, 0.5) is 0 Å². The van der Waals surface area contributed by atoms with Crippen LogP contribution in [-0.4, -0.2) is 7.11 Å². The summed E-state index contributed by atoms with van der Waals surface area (Å²) >= 11 is 1.74. The fraction of sp³-hybridized carbons (Fsp3) is 0.176. The molecule has 3 aromatic rings. The maximum atomic E-state index is 5.90. The van der Waals surface area contributed by atoms with E-state index in [1.54, 1.807) is 18.4 Å². The summed E-state index contributed by atoms with van der Waals surface area (Å²) < 4.78 is 12.3. The van der Waals surface area contributed by atoms with Crippen LogP contribution in [0.2, 0.25) is 0 Å². The van der Waals surface area contributed by atoms with E-state index in [0.717, 1.165) is 11.5 Å². The van der Waals surface area contributed by atoms with E-state index in [9.17, 15) is 0 Å². The van der Waals surface area contributed by atoms with Crippen molar-refractivity contribution in [3.8, 4) is 11.5 Å². The van der Waals surface area contributed by atoms with Crippen LogP contribution in [0, 0.1) is 0 Å². The highest BCUT2D eigenvalue weighted by molar-refractivity contribution is 7.19. The number of hydrogen-bond acceptors (Lipinski definition) is 4. The first-order valence-corrected chi connectivity index (χ1v) is 7.59. The molecule has 1 aromatic heterocycles. The quantitative estimate of drug-likeness (QED) is 0.776. The van der Waals surface area contributed by atoms with E-state index in [1.165, 1.54) is 20.5 Å². The number of nitrogens with two attached hydrogens (primary N) is 1. The van der Waals surface area contributed by atoms with Gasteiger partial charge in [0.05, 0.1) is 7.11 Å². The Kier molecular flexibility index (Phi) is 4.08. The predicted octanol–water partition coefficient (Wildman–Crippen LogP) is 3.95. The lowest BCUT2D eigenvalue weighted by Crippen LogP contribution is -2.01. The second-order valence-corrected chi connectivity index (χ2v) is 5.81. The van der Waals surface area contributed by atoms with E-state index in [-0.39, 0.29) is 0 Å². The largest absolute Gasteiger partial charge is 0.497 e. The summed E-state index contributed by atoms with van der Waals surface area (Å²) in [5, 5.41) is 1.23. The molecule has 108 valence electrons. The molecule has 0 unspecified atom stereocenters. The Morgan fingerprint density at radius 3 is 2.43 bits per heavy atom. The van der Waals surface area contributed by atoms with E-state index in [1.807, 2.05) is 36.4 Å². The van der Waals surface area contributed by atoms with Crippen molar-refractivity contribution in [2.75, 3.05) is 7.11 Å². The first-order chi connectivity index (χ1) is 10.3. The minimum atomic E-state index is 0.531. The highest BCUT2D eigenvalue weighted by atomic mass is 32.1. The van der Waals surface area contributed by atoms with Crippen molar-refractivity contribution in [1.82, 2.24) is 0 Å². The lowest BCUT2D eigenvalue weighted by Gasteiger charge is -2.08. The van der Waals surface area contributed by atoms with Crippen LogP contribution >= 0.6 is 11.3 Å². The number of fused-ring (bicyclic) bond motifs is 1. The maximum Gasteiger partial charge on any atom is 0.120 e. The average molecular weight is 299 g/mol. The fourth-order valence-corrected chi connectivity index (χ4v) is 3.39. The topological polar surface area (TPSA) is 44.5 Å². The molecular formula is C17H17NO2S. The van der Waals surface area contributed by atoms with Gasteiger partial charge in [-0.2, -0.15) is 0 Å². The molecule has 0 aliphatic heterocycles. The summed E-state index contributed by atoms with van der Waals surface area (Å²) in [7, 11) is 1.65. The van der Waals surface area contributed by atoms with Gasteiger partial charge in [0.15, 0.2) is 0 Å². The second kappa shape index (κ2) is 6.16. The Hall–Kier alpha value is -2.04. The highest BCUT2D eigenvalue weighted by Crippen LogP contribution is 2.32. The van der Waals surface area contributed by atoms with Gasteiger partial charge in [0, 0.05) is 21.7 Å². The molecular weight excluding hydrogens is 282 g/mol. The van der Waals surface area contributed by atoms with Crippen LogP contribution in [0.3, 0.4) is 0 Å². The number of ether oxygens (including phenoxy) is 2. The first kappa shape index (κ1) is 13.9. The molecule has 0 saturated heterocycles. The van der Waals surface area contributed by atoms with Gasteiger partial charge in [0.25, 0.3) is 0 Å². The Morgan fingerprint density at radius 2 is 1.71 bits per heavy atom. The van der Waals surface area contributed by atoms with Crippen molar-refractivity contribution in [1.29, 1.82) is 0 Å². The van der Waals surface area contributed by atoms with Gasteiger partial charge < -0.3 is 15.2 Å². The third-order valence-electron chi connectivity index (χ3n) is 3.41. The summed E-state index contributed by atoms with van der Waals surface area (Å²) in [6.07, 6.45) is 0. The zero-order valence-corrected chi connectivity index (χ0v) is 12.7. The van der Waals surface area contributed by atoms with Gasteiger partial charge in [-0.3, -0.25) is 0 Å². The molecule has 0 amide bonds. The standard InChI is InChI=1S/C17H17NO2S/c1-19-12-6-8-13(9-7-12)20-11-15-14-4-2-3-5-16(14)21-17(15)10-18/h2-9H,10-11,18H2,1H3. The van der Waals surface area contributed by atoms with E-state index < -0.39 is 0 Å². The van der Waals surface area contributed by atoms with Gasteiger partial charge in [-0.25, -0.2) is 0 Å². The van der Waals surface area contributed by atoms with E-state index in [0.29, 0.717) is 13.2 Å². The molecule has 3 rings (SSSR count). The third-order valence-corrected chi connectivity index (χ3v) is 4.65. The van der Waals surface area contributed by atoms with Crippen molar-refractivity contribution in [2.24, 2.45) is 5.73 Å². The molecule has 0 bridgehead atoms. The van der Waals surface area contributed by atoms with Gasteiger partial charge in [-0.1, -0.05) is 18.2 Å². The number of methoxy groups -OCH3 is 1. The predicted molar refractivity (Wildman–Crippen MR) is 87.0 cm³/mol. The lowest BCUT2D eigenvalue weighted by atomic mass is 10.1. The smallest absolute Gasteiger partial charge is 0.120 e. The highest BCUT2D eigenvalue weighted by Gasteiger charge is 2.11. The molecule has 4 heteroatoms. The van der Waals surface area contributed by atoms with Gasteiger partial charge in [-0.05, 0) is 35.7 Å². The molecule has 2 aromatic carbocycles. The molecule has 0 atom stereocenters. The van der Waals surface area contributed by atoms with Crippen LogP contribution in [0.15, 0.2) is 48.5 Å². The molecule has 0 fully saturated rings. The second-order valence-electron chi connectivity index (χ2n) is 4.67. The summed E-state index contributed by atoms with van der Waals surface area (Å²) in [6, 6.07) is 16.0. The molecule has 0 aliphatic rings. The molecule has 1 heterocycles. The Morgan fingerprint density at radius 1 is 1.00 bits per heavy atom. The SMILES string of the molecule is COc1ccc(OCc2c(CN)sc3ccccc23)cc1. The average Bonchev–Trinajstić information content (AvgIpc) is 2.91. The summed E-state index contributed by atoms with van der Waals surface area (Å²) in [4.78, 5) is 1.18. The van der Waals surface area contributed by atoms with Crippen molar-refractivity contribution < 1.29 is 9.47 Å². The minimum absolute atomic E-state index is 0.531. The molecule has 0 saturated carbocycles. The first-order valence-electron chi connectivity index (χ1n) is 6.78.